The summed E-state index contributed by atoms with van der Waals surface area (Å²) >= 11 is 0. The van der Waals surface area contributed by atoms with Crippen LogP contribution in [0, 0.1) is 0 Å². The molecule has 0 atom stereocenters. The molecule has 0 aliphatic heterocycles. The molecule has 0 aromatic heterocycles. The molecule has 128 valence electrons. The monoisotopic (exact) mass is 329 g/mol. The molecule has 0 fully saturated rings. The van der Waals surface area contributed by atoms with E-state index in [9.17, 15) is 0 Å². The number of ether oxygens (including phenoxy) is 3. The lowest BCUT2D eigenvalue weighted by Gasteiger charge is -2.13. The zero-order valence-corrected chi connectivity index (χ0v) is 14.2. The van der Waals surface area contributed by atoms with Crippen LogP contribution in [0.3, 0.4) is 0 Å². The summed E-state index contributed by atoms with van der Waals surface area (Å²) in [5, 5.41) is 11.8. The highest BCUT2D eigenvalue weighted by Crippen LogP contribution is 2.30. The minimum Gasteiger partial charge on any atom is -0.493 e. The van der Waals surface area contributed by atoms with Crippen LogP contribution in [0.2, 0.25) is 0 Å². The molecule has 0 bridgehead atoms. The predicted molar refractivity (Wildman–Crippen MR) is 93.9 cm³/mol. The van der Waals surface area contributed by atoms with Crippen LogP contribution in [0.5, 0.6) is 17.2 Å². The standard InChI is InChI=1S/C19H23NO4/c1-14(2)15-7-9-17(10-8-15)23-11-12-24-19-16(13-20-21)5-4-6-18(19)22-3/h4-10,13-14,21H,11-12H2,1-3H3/b20-13+. The Hall–Kier alpha value is -2.69. The quantitative estimate of drug-likeness (QED) is 0.343. The zero-order valence-electron chi connectivity index (χ0n) is 14.2. The van der Waals surface area contributed by atoms with Gasteiger partial charge in [0, 0.05) is 5.56 Å². The van der Waals surface area contributed by atoms with Crippen LogP contribution < -0.4 is 14.2 Å². The molecule has 2 aromatic carbocycles. The lowest BCUT2D eigenvalue weighted by atomic mass is 10.0. The molecule has 0 saturated heterocycles. The maximum absolute atomic E-state index is 8.74. The van der Waals surface area contributed by atoms with Crippen LogP contribution >= 0.6 is 0 Å². The summed E-state index contributed by atoms with van der Waals surface area (Å²) in [4.78, 5) is 0. The first kappa shape index (κ1) is 17.7. The van der Waals surface area contributed by atoms with Crippen molar-refractivity contribution in [3.8, 4) is 17.2 Å². The molecule has 0 radical (unpaired) electrons. The van der Waals surface area contributed by atoms with Gasteiger partial charge in [-0.2, -0.15) is 0 Å². The van der Waals surface area contributed by atoms with Crippen molar-refractivity contribution in [3.05, 3.63) is 53.6 Å². The van der Waals surface area contributed by atoms with Crippen molar-refractivity contribution >= 4 is 6.21 Å². The summed E-state index contributed by atoms with van der Waals surface area (Å²) in [6, 6.07) is 13.4. The number of rotatable bonds is 8. The average molecular weight is 329 g/mol. The zero-order chi connectivity index (χ0) is 17.4. The van der Waals surface area contributed by atoms with E-state index in [1.165, 1.54) is 11.8 Å². The molecule has 0 spiro atoms. The maximum atomic E-state index is 8.74. The van der Waals surface area contributed by atoms with Gasteiger partial charge in [-0.3, -0.25) is 0 Å². The van der Waals surface area contributed by atoms with Crippen molar-refractivity contribution in [3.63, 3.8) is 0 Å². The molecule has 1 N–H and O–H groups in total. The SMILES string of the molecule is COc1cccc(/C=N/O)c1OCCOc1ccc(C(C)C)cc1. The van der Waals surface area contributed by atoms with E-state index in [0.29, 0.717) is 36.2 Å². The Morgan fingerprint density at radius 1 is 1.04 bits per heavy atom. The van der Waals surface area contributed by atoms with Gasteiger partial charge < -0.3 is 19.4 Å². The fraction of sp³-hybridized carbons (Fsp3) is 0.316. The first-order valence-corrected chi connectivity index (χ1v) is 7.85. The summed E-state index contributed by atoms with van der Waals surface area (Å²) in [6.45, 7) is 5.06. The normalized spacial score (nSPS) is 11.0. The Balaban J connectivity index is 1.92. The fourth-order valence-corrected chi connectivity index (χ4v) is 2.26. The molecule has 0 amide bonds. The molecule has 0 heterocycles. The highest BCUT2D eigenvalue weighted by Gasteiger charge is 2.09. The Morgan fingerprint density at radius 3 is 2.38 bits per heavy atom. The van der Waals surface area contributed by atoms with E-state index in [1.807, 2.05) is 12.1 Å². The van der Waals surface area contributed by atoms with Crippen molar-refractivity contribution in [2.24, 2.45) is 5.16 Å². The van der Waals surface area contributed by atoms with Gasteiger partial charge in [-0.25, -0.2) is 0 Å². The lowest BCUT2D eigenvalue weighted by molar-refractivity contribution is 0.211. The van der Waals surface area contributed by atoms with E-state index >= 15 is 0 Å². The predicted octanol–water partition coefficient (Wildman–Crippen LogP) is 4.08. The number of methoxy groups -OCH3 is 1. The third kappa shape index (κ3) is 4.65. The van der Waals surface area contributed by atoms with E-state index in [0.717, 1.165) is 5.75 Å². The average Bonchev–Trinajstić information content (AvgIpc) is 2.60. The largest absolute Gasteiger partial charge is 0.493 e. The van der Waals surface area contributed by atoms with Crippen molar-refractivity contribution in [2.75, 3.05) is 20.3 Å². The summed E-state index contributed by atoms with van der Waals surface area (Å²) in [7, 11) is 1.56. The summed E-state index contributed by atoms with van der Waals surface area (Å²) in [6.07, 6.45) is 1.31. The Labute approximate surface area is 142 Å². The molecule has 5 nitrogen and oxygen atoms in total. The Kier molecular flexibility index (Phi) is 6.49. The van der Waals surface area contributed by atoms with Crippen LogP contribution in [0.15, 0.2) is 47.6 Å². The van der Waals surface area contributed by atoms with Gasteiger partial charge in [-0.05, 0) is 35.7 Å². The van der Waals surface area contributed by atoms with E-state index < -0.39 is 0 Å². The van der Waals surface area contributed by atoms with Crippen LogP contribution in [0.1, 0.15) is 30.9 Å². The van der Waals surface area contributed by atoms with Crippen LogP contribution in [0.25, 0.3) is 0 Å². The topological polar surface area (TPSA) is 60.3 Å². The molecular weight excluding hydrogens is 306 g/mol. The molecule has 5 heteroatoms. The van der Waals surface area contributed by atoms with E-state index in [2.05, 4.69) is 31.1 Å². The summed E-state index contributed by atoms with van der Waals surface area (Å²) in [5.41, 5.74) is 1.92. The number of oxime groups is 1. The fourth-order valence-electron chi connectivity index (χ4n) is 2.26. The number of para-hydroxylation sites is 1. The van der Waals surface area contributed by atoms with Gasteiger partial charge in [0.05, 0.1) is 13.3 Å². The number of hydrogen-bond donors (Lipinski definition) is 1. The van der Waals surface area contributed by atoms with E-state index in [1.54, 1.807) is 25.3 Å². The molecule has 0 aliphatic rings. The third-order valence-electron chi connectivity index (χ3n) is 3.57. The van der Waals surface area contributed by atoms with Crippen LogP contribution in [-0.4, -0.2) is 31.7 Å². The highest BCUT2D eigenvalue weighted by atomic mass is 16.5. The molecule has 24 heavy (non-hydrogen) atoms. The molecule has 0 unspecified atom stereocenters. The number of benzene rings is 2. The maximum Gasteiger partial charge on any atom is 0.170 e. The van der Waals surface area contributed by atoms with Gasteiger partial charge in [-0.1, -0.05) is 37.2 Å². The molecular formula is C19H23NO4. The second-order valence-electron chi connectivity index (χ2n) is 5.54. The first-order valence-electron chi connectivity index (χ1n) is 7.85. The number of hydrogen-bond acceptors (Lipinski definition) is 5. The second kappa shape index (κ2) is 8.82. The van der Waals surface area contributed by atoms with Gasteiger partial charge in [0.2, 0.25) is 0 Å². The Morgan fingerprint density at radius 2 is 1.75 bits per heavy atom. The van der Waals surface area contributed by atoms with Crippen LogP contribution in [-0.2, 0) is 0 Å². The molecule has 0 aliphatic carbocycles. The van der Waals surface area contributed by atoms with Crippen molar-refractivity contribution in [1.82, 2.24) is 0 Å². The van der Waals surface area contributed by atoms with E-state index in [4.69, 9.17) is 19.4 Å². The van der Waals surface area contributed by atoms with Crippen molar-refractivity contribution < 1.29 is 19.4 Å². The van der Waals surface area contributed by atoms with E-state index in [-0.39, 0.29) is 0 Å². The molecule has 2 aromatic rings. The summed E-state index contributed by atoms with van der Waals surface area (Å²) in [5.74, 6) is 2.41. The van der Waals surface area contributed by atoms with Crippen LogP contribution in [0.4, 0.5) is 0 Å². The van der Waals surface area contributed by atoms with Gasteiger partial charge in [0.1, 0.15) is 19.0 Å². The second-order valence-corrected chi connectivity index (χ2v) is 5.54. The Bertz CT molecular complexity index is 666. The summed E-state index contributed by atoms with van der Waals surface area (Å²) < 4.78 is 16.7. The first-order chi connectivity index (χ1) is 11.7. The third-order valence-corrected chi connectivity index (χ3v) is 3.57. The van der Waals surface area contributed by atoms with Gasteiger partial charge in [0.25, 0.3) is 0 Å². The smallest absolute Gasteiger partial charge is 0.170 e. The highest BCUT2D eigenvalue weighted by molar-refractivity contribution is 5.84. The molecule has 2 rings (SSSR count). The minimum atomic E-state index is 0.346. The molecule has 0 saturated carbocycles. The lowest BCUT2D eigenvalue weighted by Crippen LogP contribution is -2.10. The van der Waals surface area contributed by atoms with Crippen molar-refractivity contribution in [2.45, 2.75) is 19.8 Å². The van der Waals surface area contributed by atoms with Gasteiger partial charge >= 0.3 is 0 Å². The number of nitrogens with zero attached hydrogens (tertiary/aromatic N) is 1. The minimum absolute atomic E-state index is 0.346. The van der Waals surface area contributed by atoms with Crippen molar-refractivity contribution in [1.29, 1.82) is 0 Å². The van der Waals surface area contributed by atoms with Gasteiger partial charge in [-0.15, -0.1) is 0 Å². The van der Waals surface area contributed by atoms with Gasteiger partial charge in [0.15, 0.2) is 11.5 Å².